The predicted octanol–water partition coefficient (Wildman–Crippen LogP) is 2.09. The van der Waals surface area contributed by atoms with Crippen molar-refractivity contribution in [3.8, 4) is 0 Å². The Balaban J connectivity index is 2.62. The van der Waals surface area contributed by atoms with Gasteiger partial charge >= 0.3 is 18.2 Å². The zero-order valence-corrected chi connectivity index (χ0v) is 12.3. The van der Waals surface area contributed by atoms with Crippen LogP contribution in [0.3, 0.4) is 0 Å². The first-order valence-electron chi connectivity index (χ1n) is 6.62. The Morgan fingerprint density at radius 1 is 1.25 bits per heavy atom. The summed E-state index contributed by atoms with van der Waals surface area (Å²) in [6.07, 6.45) is -0.534. The largest absolute Gasteiger partial charge is 0.516 e. The zero-order valence-electron chi connectivity index (χ0n) is 12.3. The van der Waals surface area contributed by atoms with Crippen molar-refractivity contribution in [3.63, 3.8) is 0 Å². The molecule has 0 aromatic heterocycles. The Morgan fingerprint density at radius 3 is 2.45 bits per heavy atom. The van der Waals surface area contributed by atoms with E-state index in [2.05, 4.69) is 9.47 Å². The Hall–Kier alpha value is -1.79. The standard InChI is InChI=1S/C13H21NO6/c1-5-18-12(17)19-10(15)9-7-6-8-14(9)11(16)20-13(2,3)4/h9H,5-8H2,1-4H3. The van der Waals surface area contributed by atoms with Gasteiger partial charge in [-0.2, -0.15) is 0 Å². The SMILES string of the molecule is CCOC(=O)OC(=O)C1CCCN1C(=O)OC(C)(C)C. The summed E-state index contributed by atoms with van der Waals surface area (Å²) in [4.78, 5) is 36.2. The van der Waals surface area contributed by atoms with Crippen LogP contribution >= 0.6 is 0 Å². The maximum absolute atomic E-state index is 12.0. The molecular formula is C13H21NO6. The molecule has 1 atom stereocenters. The molecule has 0 aromatic rings. The highest BCUT2D eigenvalue weighted by Crippen LogP contribution is 2.21. The molecule has 0 bridgehead atoms. The predicted molar refractivity (Wildman–Crippen MR) is 69.1 cm³/mol. The molecule has 1 fully saturated rings. The smallest absolute Gasteiger partial charge is 0.444 e. The molecule has 1 heterocycles. The molecular weight excluding hydrogens is 266 g/mol. The third kappa shape index (κ3) is 4.71. The lowest BCUT2D eigenvalue weighted by atomic mass is 10.2. The molecule has 0 N–H and O–H groups in total. The molecule has 0 spiro atoms. The number of nitrogens with zero attached hydrogens (tertiary/aromatic N) is 1. The maximum Gasteiger partial charge on any atom is 0.516 e. The molecule has 7 nitrogen and oxygen atoms in total. The van der Waals surface area contributed by atoms with E-state index in [0.717, 1.165) is 0 Å². The molecule has 1 unspecified atom stereocenters. The number of esters is 1. The molecule has 0 radical (unpaired) electrons. The minimum atomic E-state index is -1.05. The summed E-state index contributed by atoms with van der Waals surface area (Å²) in [5, 5.41) is 0. The molecule has 20 heavy (non-hydrogen) atoms. The molecule has 114 valence electrons. The van der Waals surface area contributed by atoms with Crippen LogP contribution in [0, 0.1) is 0 Å². The Labute approximate surface area is 118 Å². The van der Waals surface area contributed by atoms with Crippen molar-refractivity contribution >= 4 is 18.2 Å². The van der Waals surface area contributed by atoms with E-state index < -0.39 is 29.9 Å². The van der Waals surface area contributed by atoms with Crippen molar-refractivity contribution in [2.45, 2.75) is 52.2 Å². The third-order valence-corrected chi connectivity index (χ3v) is 2.60. The highest BCUT2D eigenvalue weighted by Gasteiger charge is 2.38. The topological polar surface area (TPSA) is 82.1 Å². The summed E-state index contributed by atoms with van der Waals surface area (Å²) in [5.74, 6) is -0.785. The first-order valence-corrected chi connectivity index (χ1v) is 6.62. The van der Waals surface area contributed by atoms with Crippen LogP contribution in [0.2, 0.25) is 0 Å². The van der Waals surface area contributed by atoms with Crippen LogP contribution in [0.5, 0.6) is 0 Å². The normalized spacial score (nSPS) is 18.6. The van der Waals surface area contributed by atoms with Gasteiger partial charge in [-0.1, -0.05) is 0 Å². The minimum absolute atomic E-state index is 0.118. The van der Waals surface area contributed by atoms with Gasteiger partial charge in [0.15, 0.2) is 0 Å². The summed E-state index contributed by atoms with van der Waals surface area (Å²) in [5.41, 5.74) is -0.644. The summed E-state index contributed by atoms with van der Waals surface area (Å²) in [6, 6.07) is -0.797. The lowest BCUT2D eigenvalue weighted by Gasteiger charge is -2.27. The van der Waals surface area contributed by atoms with E-state index in [1.807, 2.05) is 0 Å². The average molecular weight is 287 g/mol. The number of carbonyl (C=O) groups is 3. The maximum atomic E-state index is 12.0. The number of carbonyl (C=O) groups excluding carboxylic acids is 3. The number of ether oxygens (including phenoxy) is 3. The second-order valence-electron chi connectivity index (χ2n) is 5.44. The highest BCUT2D eigenvalue weighted by molar-refractivity contribution is 5.88. The van der Waals surface area contributed by atoms with Gasteiger partial charge in [-0.05, 0) is 40.5 Å². The number of hydrogen-bond acceptors (Lipinski definition) is 6. The van der Waals surface area contributed by atoms with Gasteiger partial charge in [0.1, 0.15) is 11.6 Å². The van der Waals surface area contributed by atoms with Crippen molar-refractivity contribution in [1.29, 1.82) is 0 Å². The van der Waals surface area contributed by atoms with Crippen LogP contribution in [-0.4, -0.2) is 47.9 Å². The zero-order chi connectivity index (χ0) is 15.3. The van der Waals surface area contributed by atoms with Crippen molar-refractivity contribution in [1.82, 2.24) is 4.90 Å². The summed E-state index contributed by atoms with van der Waals surface area (Å²) in [7, 11) is 0. The van der Waals surface area contributed by atoms with Crippen molar-refractivity contribution < 1.29 is 28.6 Å². The lowest BCUT2D eigenvalue weighted by Crippen LogP contribution is -2.44. The number of amides is 1. The minimum Gasteiger partial charge on any atom is -0.444 e. The summed E-state index contributed by atoms with van der Waals surface area (Å²) >= 11 is 0. The van der Waals surface area contributed by atoms with Crippen LogP contribution in [0.4, 0.5) is 9.59 Å². The molecule has 1 amide bonds. The molecule has 1 aliphatic rings. The van der Waals surface area contributed by atoms with Crippen LogP contribution in [0.25, 0.3) is 0 Å². The fraction of sp³-hybridized carbons (Fsp3) is 0.769. The van der Waals surface area contributed by atoms with E-state index >= 15 is 0 Å². The van der Waals surface area contributed by atoms with Gasteiger partial charge in [0.25, 0.3) is 0 Å². The fourth-order valence-corrected chi connectivity index (χ4v) is 1.85. The number of likely N-dealkylation sites (tertiary alicyclic amines) is 1. The number of rotatable bonds is 2. The van der Waals surface area contributed by atoms with Crippen molar-refractivity contribution in [2.75, 3.05) is 13.2 Å². The molecule has 0 aromatic carbocycles. The fourth-order valence-electron chi connectivity index (χ4n) is 1.85. The van der Waals surface area contributed by atoms with E-state index in [0.29, 0.717) is 19.4 Å². The first-order chi connectivity index (χ1) is 9.24. The van der Waals surface area contributed by atoms with Gasteiger partial charge in [-0.15, -0.1) is 0 Å². The van der Waals surface area contributed by atoms with E-state index in [4.69, 9.17) is 4.74 Å². The highest BCUT2D eigenvalue weighted by atomic mass is 16.7. The van der Waals surface area contributed by atoms with Crippen LogP contribution in [-0.2, 0) is 19.0 Å². The Morgan fingerprint density at radius 2 is 1.90 bits per heavy atom. The number of hydrogen-bond donors (Lipinski definition) is 0. The Kier molecular flexibility index (Phi) is 5.35. The lowest BCUT2D eigenvalue weighted by molar-refractivity contribution is -0.144. The molecule has 1 aliphatic heterocycles. The van der Waals surface area contributed by atoms with Gasteiger partial charge in [-0.3, -0.25) is 4.90 Å². The van der Waals surface area contributed by atoms with E-state index in [1.165, 1.54) is 4.90 Å². The van der Waals surface area contributed by atoms with Gasteiger partial charge in [0.2, 0.25) is 0 Å². The van der Waals surface area contributed by atoms with Gasteiger partial charge in [0, 0.05) is 6.54 Å². The van der Waals surface area contributed by atoms with Crippen LogP contribution in [0.15, 0.2) is 0 Å². The van der Waals surface area contributed by atoms with Gasteiger partial charge in [0.05, 0.1) is 6.61 Å². The first kappa shape index (κ1) is 16.3. The van der Waals surface area contributed by atoms with E-state index in [9.17, 15) is 14.4 Å². The Bertz CT molecular complexity index is 387. The average Bonchev–Trinajstić information content (AvgIpc) is 2.75. The molecule has 0 saturated carbocycles. The van der Waals surface area contributed by atoms with Gasteiger partial charge < -0.3 is 14.2 Å². The second-order valence-corrected chi connectivity index (χ2v) is 5.44. The molecule has 1 rings (SSSR count). The van der Waals surface area contributed by atoms with Crippen LogP contribution in [0.1, 0.15) is 40.5 Å². The third-order valence-electron chi connectivity index (χ3n) is 2.60. The monoisotopic (exact) mass is 287 g/mol. The van der Waals surface area contributed by atoms with Crippen LogP contribution < -0.4 is 0 Å². The molecule has 7 heteroatoms. The summed E-state index contributed by atoms with van der Waals surface area (Å²) < 4.78 is 14.3. The van der Waals surface area contributed by atoms with E-state index in [-0.39, 0.29) is 6.61 Å². The quantitative estimate of drug-likeness (QED) is 0.571. The molecule has 1 saturated heterocycles. The van der Waals surface area contributed by atoms with E-state index in [1.54, 1.807) is 27.7 Å². The second kappa shape index (κ2) is 6.58. The molecule has 0 aliphatic carbocycles. The summed E-state index contributed by atoms with van der Waals surface area (Å²) in [6.45, 7) is 7.35. The van der Waals surface area contributed by atoms with Crippen molar-refractivity contribution in [3.05, 3.63) is 0 Å². The van der Waals surface area contributed by atoms with Gasteiger partial charge in [-0.25, -0.2) is 14.4 Å². The van der Waals surface area contributed by atoms with Crippen molar-refractivity contribution in [2.24, 2.45) is 0 Å².